The van der Waals surface area contributed by atoms with Gasteiger partial charge < -0.3 is 15.7 Å². The van der Waals surface area contributed by atoms with Gasteiger partial charge in [-0.15, -0.1) is 0 Å². The zero-order chi connectivity index (χ0) is 17.6. The Balaban J connectivity index is 3.03. The first kappa shape index (κ1) is 18.7. The molecule has 0 saturated carbocycles. The predicted molar refractivity (Wildman–Crippen MR) is 86.5 cm³/mol. The van der Waals surface area contributed by atoms with Gasteiger partial charge in [0.1, 0.15) is 0 Å². The van der Waals surface area contributed by atoms with E-state index in [9.17, 15) is 9.59 Å². The lowest BCUT2D eigenvalue weighted by molar-refractivity contribution is -0.145. The maximum absolute atomic E-state index is 12.7. The lowest BCUT2D eigenvalue weighted by Crippen LogP contribution is -2.48. The average Bonchev–Trinajstić information content (AvgIpc) is 2.52. The van der Waals surface area contributed by atoms with Crippen LogP contribution in [-0.2, 0) is 16.0 Å². The zero-order valence-corrected chi connectivity index (χ0v) is 13.7. The first-order valence-corrected chi connectivity index (χ1v) is 7.50. The maximum Gasteiger partial charge on any atom is 0.304 e. The number of nitrogens with two attached hydrogens (primary N) is 1. The van der Waals surface area contributed by atoms with Crippen LogP contribution in [0.1, 0.15) is 31.4 Å². The van der Waals surface area contributed by atoms with Crippen molar-refractivity contribution in [2.75, 3.05) is 7.05 Å². The number of hydrogen-bond acceptors (Lipinski definition) is 4. The van der Waals surface area contributed by atoms with Gasteiger partial charge in [-0.3, -0.25) is 9.59 Å². The number of carboxylic acid groups (broad SMARTS) is 1. The molecule has 0 bridgehead atoms. The standard InChI is InChI=1S/C17H23N3O3/c1-11(19)12(2)20(3)17(23)15(9-16(21)22)8-13-6-4-5-7-14(13)10-18/h4-7,11-12,15H,8-9,19H2,1-3H3,(H,21,22)/t11-,12-,15+/m0/s1. The first-order chi connectivity index (χ1) is 10.8. The SMILES string of the molecule is C[C@H](N)[C@H](C)N(C)C(=O)[C@@H](CC(=O)O)Cc1ccccc1C#N. The predicted octanol–water partition coefficient (Wildman–Crippen LogP) is 1.39. The van der Waals surface area contributed by atoms with E-state index in [2.05, 4.69) is 6.07 Å². The largest absolute Gasteiger partial charge is 0.481 e. The molecule has 1 rings (SSSR count). The quantitative estimate of drug-likeness (QED) is 0.790. The number of likely N-dealkylation sites (N-methyl/N-ethyl adjacent to an activating group) is 1. The molecule has 0 spiro atoms. The second-order valence-electron chi connectivity index (χ2n) is 5.82. The van der Waals surface area contributed by atoms with Crippen molar-refractivity contribution in [3.05, 3.63) is 35.4 Å². The summed E-state index contributed by atoms with van der Waals surface area (Å²) in [6.07, 6.45) is -0.0700. The molecule has 1 aromatic carbocycles. The van der Waals surface area contributed by atoms with Crippen LogP contribution in [0.3, 0.4) is 0 Å². The van der Waals surface area contributed by atoms with Crippen LogP contribution >= 0.6 is 0 Å². The number of aliphatic carboxylic acids is 1. The van der Waals surface area contributed by atoms with E-state index >= 15 is 0 Å². The van der Waals surface area contributed by atoms with E-state index in [0.717, 1.165) is 0 Å². The van der Waals surface area contributed by atoms with Gasteiger partial charge in [0.05, 0.1) is 24.0 Å². The van der Waals surface area contributed by atoms with Crippen molar-refractivity contribution in [3.8, 4) is 6.07 Å². The van der Waals surface area contributed by atoms with Crippen molar-refractivity contribution in [2.45, 2.75) is 38.8 Å². The van der Waals surface area contributed by atoms with Crippen LogP contribution in [0.15, 0.2) is 24.3 Å². The number of carboxylic acids is 1. The van der Waals surface area contributed by atoms with Gasteiger partial charge in [0.15, 0.2) is 0 Å². The first-order valence-electron chi connectivity index (χ1n) is 7.50. The summed E-state index contributed by atoms with van der Waals surface area (Å²) < 4.78 is 0. The van der Waals surface area contributed by atoms with Gasteiger partial charge in [0.2, 0.25) is 5.91 Å². The summed E-state index contributed by atoms with van der Waals surface area (Å²) >= 11 is 0. The van der Waals surface area contributed by atoms with E-state index in [1.54, 1.807) is 38.2 Å². The Labute approximate surface area is 136 Å². The van der Waals surface area contributed by atoms with E-state index in [4.69, 9.17) is 16.1 Å². The number of carbonyl (C=O) groups is 2. The van der Waals surface area contributed by atoms with Crippen LogP contribution < -0.4 is 5.73 Å². The molecule has 3 N–H and O–H groups in total. The number of hydrogen-bond donors (Lipinski definition) is 2. The van der Waals surface area contributed by atoms with Crippen LogP contribution in [0.5, 0.6) is 0 Å². The molecule has 1 aromatic rings. The number of rotatable bonds is 7. The highest BCUT2D eigenvalue weighted by Gasteiger charge is 2.29. The normalized spacial score (nSPS) is 14.4. The monoisotopic (exact) mass is 317 g/mol. The summed E-state index contributed by atoms with van der Waals surface area (Å²) in [5, 5.41) is 18.3. The molecule has 0 aliphatic rings. The molecule has 6 nitrogen and oxygen atoms in total. The second kappa shape index (κ2) is 8.30. The van der Waals surface area contributed by atoms with Crippen molar-refractivity contribution >= 4 is 11.9 Å². The van der Waals surface area contributed by atoms with Crippen LogP contribution in [0.25, 0.3) is 0 Å². The van der Waals surface area contributed by atoms with Crippen molar-refractivity contribution in [3.63, 3.8) is 0 Å². The smallest absolute Gasteiger partial charge is 0.304 e. The fraction of sp³-hybridized carbons (Fsp3) is 0.471. The minimum atomic E-state index is -1.04. The minimum absolute atomic E-state index is 0.204. The van der Waals surface area contributed by atoms with Crippen LogP contribution in [0.2, 0.25) is 0 Å². The van der Waals surface area contributed by atoms with Gasteiger partial charge in [-0.05, 0) is 31.9 Å². The van der Waals surface area contributed by atoms with Crippen LogP contribution in [-0.4, -0.2) is 41.0 Å². The maximum atomic E-state index is 12.7. The summed E-state index contributed by atoms with van der Waals surface area (Å²) in [5.41, 5.74) is 6.96. The Hall–Kier alpha value is -2.39. The molecule has 0 aromatic heterocycles. The number of carbonyl (C=O) groups excluding carboxylic acids is 1. The summed E-state index contributed by atoms with van der Waals surface area (Å²) in [7, 11) is 1.63. The molecule has 0 aliphatic carbocycles. The van der Waals surface area contributed by atoms with E-state index in [1.165, 1.54) is 4.90 Å². The molecular weight excluding hydrogens is 294 g/mol. The molecule has 0 saturated heterocycles. The summed E-state index contributed by atoms with van der Waals surface area (Å²) in [6, 6.07) is 8.56. The third-order valence-corrected chi connectivity index (χ3v) is 4.09. The Morgan fingerprint density at radius 2 is 1.96 bits per heavy atom. The average molecular weight is 317 g/mol. The Morgan fingerprint density at radius 3 is 2.48 bits per heavy atom. The third-order valence-electron chi connectivity index (χ3n) is 4.09. The molecule has 23 heavy (non-hydrogen) atoms. The van der Waals surface area contributed by atoms with E-state index in [1.807, 2.05) is 6.92 Å². The molecule has 0 fully saturated rings. The van der Waals surface area contributed by atoms with Crippen molar-refractivity contribution in [2.24, 2.45) is 11.7 Å². The van der Waals surface area contributed by atoms with Gasteiger partial charge in [0, 0.05) is 19.1 Å². The molecule has 3 atom stereocenters. The van der Waals surface area contributed by atoms with Crippen molar-refractivity contribution in [1.29, 1.82) is 5.26 Å². The highest BCUT2D eigenvalue weighted by Crippen LogP contribution is 2.19. The highest BCUT2D eigenvalue weighted by atomic mass is 16.4. The van der Waals surface area contributed by atoms with Crippen LogP contribution in [0.4, 0.5) is 0 Å². The van der Waals surface area contributed by atoms with E-state index in [0.29, 0.717) is 11.1 Å². The van der Waals surface area contributed by atoms with E-state index in [-0.39, 0.29) is 30.8 Å². The molecule has 1 amide bonds. The number of benzene rings is 1. The molecule has 0 unspecified atom stereocenters. The summed E-state index contributed by atoms with van der Waals surface area (Å²) in [5.74, 6) is -2.04. The topological polar surface area (TPSA) is 107 Å². The number of amides is 1. The molecule has 0 radical (unpaired) electrons. The molecule has 0 heterocycles. The van der Waals surface area contributed by atoms with Crippen molar-refractivity contribution in [1.82, 2.24) is 4.90 Å². The molecule has 124 valence electrons. The highest BCUT2D eigenvalue weighted by molar-refractivity contribution is 5.83. The fourth-order valence-corrected chi connectivity index (χ4v) is 2.37. The Kier molecular flexibility index (Phi) is 6.73. The van der Waals surface area contributed by atoms with Gasteiger partial charge in [-0.25, -0.2) is 0 Å². The van der Waals surface area contributed by atoms with Gasteiger partial charge in [-0.2, -0.15) is 5.26 Å². The second-order valence-corrected chi connectivity index (χ2v) is 5.82. The molecule has 6 heteroatoms. The summed E-state index contributed by atoms with van der Waals surface area (Å²) in [6.45, 7) is 3.62. The third kappa shape index (κ3) is 5.08. The van der Waals surface area contributed by atoms with Gasteiger partial charge >= 0.3 is 5.97 Å². The Bertz CT molecular complexity index is 607. The van der Waals surface area contributed by atoms with Gasteiger partial charge in [0.25, 0.3) is 0 Å². The molecule has 0 aliphatic heterocycles. The number of nitriles is 1. The number of nitrogens with zero attached hydrogens (tertiary/aromatic N) is 2. The minimum Gasteiger partial charge on any atom is -0.481 e. The van der Waals surface area contributed by atoms with Crippen molar-refractivity contribution < 1.29 is 14.7 Å². The lowest BCUT2D eigenvalue weighted by atomic mass is 9.92. The molecular formula is C17H23N3O3. The van der Waals surface area contributed by atoms with Crippen LogP contribution in [0, 0.1) is 17.2 Å². The fourth-order valence-electron chi connectivity index (χ4n) is 2.37. The van der Waals surface area contributed by atoms with E-state index < -0.39 is 11.9 Å². The summed E-state index contributed by atoms with van der Waals surface area (Å²) in [4.78, 5) is 25.3. The lowest BCUT2D eigenvalue weighted by Gasteiger charge is -2.31. The zero-order valence-electron chi connectivity index (χ0n) is 13.7. The van der Waals surface area contributed by atoms with Gasteiger partial charge in [-0.1, -0.05) is 18.2 Å². The Morgan fingerprint density at radius 1 is 1.35 bits per heavy atom.